The van der Waals surface area contributed by atoms with Crippen molar-refractivity contribution in [3.63, 3.8) is 0 Å². The highest BCUT2D eigenvalue weighted by atomic mass is 79.9. The second-order valence-corrected chi connectivity index (χ2v) is 6.93. The summed E-state index contributed by atoms with van der Waals surface area (Å²) in [5, 5.41) is 1.23. The van der Waals surface area contributed by atoms with E-state index < -0.39 is 0 Å². The molecular formula is C20H18BrN3O. The molecule has 126 valence electrons. The smallest absolute Gasteiger partial charge is 0.120 e. The quantitative estimate of drug-likeness (QED) is 0.637. The van der Waals surface area contributed by atoms with Crippen molar-refractivity contribution in [1.82, 2.24) is 4.98 Å². The molecule has 25 heavy (non-hydrogen) atoms. The third kappa shape index (κ3) is 2.96. The fourth-order valence-electron chi connectivity index (χ4n) is 3.20. The predicted molar refractivity (Wildman–Crippen MR) is 108 cm³/mol. The van der Waals surface area contributed by atoms with Crippen molar-refractivity contribution in [1.29, 1.82) is 0 Å². The highest BCUT2D eigenvalue weighted by Gasteiger charge is 2.18. The van der Waals surface area contributed by atoms with Crippen LogP contribution in [0, 0.1) is 0 Å². The standard InChI is InChI=1S/C20H18BrN3O/c1-25-14-4-5-15-16-8-9-23-18(20(16)24-19(15)11-14)7-2-12-10-13(21)3-6-17(12)22/h2-7,10-11,24H,8-9,22H2,1H3/b7-2+. The molecular weight excluding hydrogens is 378 g/mol. The number of allylic oxidation sites excluding steroid dienone is 1. The third-order valence-electron chi connectivity index (χ3n) is 4.48. The summed E-state index contributed by atoms with van der Waals surface area (Å²) in [6, 6.07) is 12.0. The number of ether oxygens (including phenoxy) is 1. The molecule has 0 spiro atoms. The second-order valence-electron chi connectivity index (χ2n) is 6.01. The maximum atomic E-state index is 6.06. The summed E-state index contributed by atoms with van der Waals surface area (Å²) >= 11 is 3.49. The molecule has 0 radical (unpaired) electrons. The van der Waals surface area contributed by atoms with Crippen LogP contribution in [-0.4, -0.2) is 24.4 Å². The maximum absolute atomic E-state index is 6.06. The van der Waals surface area contributed by atoms with Crippen LogP contribution in [0.4, 0.5) is 5.69 Å². The van der Waals surface area contributed by atoms with Gasteiger partial charge in [-0.25, -0.2) is 0 Å². The molecule has 1 aromatic heterocycles. The van der Waals surface area contributed by atoms with E-state index in [-0.39, 0.29) is 0 Å². The van der Waals surface area contributed by atoms with Gasteiger partial charge in [0.15, 0.2) is 0 Å². The van der Waals surface area contributed by atoms with Crippen molar-refractivity contribution < 1.29 is 4.74 Å². The van der Waals surface area contributed by atoms with Crippen molar-refractivity contribution >= 4 is 44.3 Å². The summed E-state index contributed by atoms with van der Waals surface area (Å²) < 4.78 is 6.33. The van der Waals surface area contributed by atoms with Crippen LogP contribution in [0.25, 0.3) is 17.0 Å². The van der Waals surface area contributed by atoms with Crippen LogP contribution in [0.2, 0.25) is 0 Å². The molecule has 0 unspecified atom stereocenters. The first-order chi connectivity index (χ1) is 12.2. The molecule has 3 aromatic rings. The summed E-state index contributed by atoms with van der Waals surface area (Å²) in [6.07, 6.45) is 4.99. The molecule has 0 saturated heterocycles. The molecule has 2 heterocycles. The van der Waals surface area contributed by atoms with E-state index in [9.17, 15) is 0 Å². The van der Waals surface area contributed by atoms with E-state index in [1.807, 2.05) is 42.5 Å². The van der Waals surface area contributed by atoms with E-state index >= 15 is 0 Å². The first-order valence-corrected chi connectivity index (χ1v) is 8.91. The van der Waals surface area contributed by atoms with E-state index in [1.54, 1.807) is 7.11 Å². The zero-order valence-electron chi connectivity index (χ0n) is 13.8. The Bertz CT molecular complexity index is 1020. The average Bonchev–Trinajstić information content (AvgIpc) is 3.00. The van der Waals surface area contributed by atoms with Crippen LogP contribution in [0.5, 0.6) is 5.75 Å². The Morgan fingerprint density at radius 1 is 1.20 bits per heavy atom. The lowest BCUT2D eigenvalue weighted by Gasteiger charge is -2.10. The summed E-state index contributed by atoms with van der Waals surface area (Å²) in [5.74, 6) is 0.849. The van der Waals surface area contributed by atoms with Gasteiger partial charge in [-0.2, -0.15) is 0 Å². The highest BCUT2D eigenvalue weighted by molar-refractivity contribution is 9.10. The SMILES string of the molecule is COc1ccc2c3c([nH]c2c1)C(/C=C/c1cc(Br)ccc1N)=NCC3. The number of benzene rings is 2. The van der Waals surface area contributed by atoms with Gasteiger partial charge < -0.3 is 15.5 Å². The lowest BCUT2D eigenvalue weighted by atomic mass is 10.0. The van der Waals surface area contributed by atoms with Crippen molar-refractivity contribution in [2.45, 2.75) is 6.42 Å². The number of halogens is 1. The molecule has 3 N–H and O–H groups in total. The number of anilines is 1. The fraction of sp³-hybridized carbons (Fsp3) is 0.150. The number of hydrogen-bond donors (Lipinski definition) is 2. The Hall–Kier alpha value is -2.53. The molecule has 0 saturated carbocycles. The minimum absolute atomic E-state index is 0.748. The van der Waals surface area contributed by atoms with Crippen molar-refractivity contribution in [2.75, 3.05) is 19.4 Å². The van der Waals surface area contributed by atoms with Gasteiger partial charge in [0.25, 0.3) is 0 Å². The number of methoxy groups -OCH3 is 1. The Labute approximate surface area is 154 Å². The summed E-state index contributed by atoms with van der Waals surface area (Å²) in [5.41, 5.74) is 12.2. The number of nitrogens with one attached hydrogen (secondary N) is 1. The number of aromatic nitrogens is 1. The van der Waals surface area contributed by atoms with Crippen LogP contribution in [0.3, 0.4) is 0 Å². The number of nitrogens with zero attached hydrogens (tertiary/aromatic N) is 1. The van der Waals surface area contributed by atoms with Gasteiger partial charge in [-0.15, -0.1) is 0 Å². The molecule has 0 amide bonds. The van der Waals surface area contributed by atoms with Crippen LogP contribution < -0.4 is 10.5 Å². The lowest BCUT2D eigenvalue weighted by Crippen LogP contribution is -2.10. The summed E-state index contributed by atoms with van der Waals surface area (Å²) in [4.78, 5) is 8.19. The minimum Gasteiger partial charge on any atom is -0.497 e. The normalized spacial score (nSPS) is 13.9. The van der Waals surface area contributed by atoms with E-state index in [1.165, 1.54) is 10.9 Å². The number of H-pyrrole nitrogens is 1. The molecule has 4 nitrogen and oxygen atoms in total. The van der Waals surface area contributed by atoms with E-state index in [0.29, 0.717) is 0 Å². The van der Waals surface area contributed by atoms with E-state index in [4.69, 9.17) is 15.5 Å². The number of aliphatic imine (C=N–C) groups is 1. The van der Waals surface area contributed by atoms with E-state index in [0.717, 1.165) is 51.4 Å². The zero-order chi connectivity index (χ0) is 17.4. The number of aromatic amines is 1. The van der Waals surface area contributed by atoms with Gasteiger partial charge in [0, 0.05) is 33.7 Å². The lowest BCUT2D eigenvalue weighted by molar-refractivity contribution is 0.415. The molecule has 0 aliphatic carbocycles. The Balaban J connectivity index is 1.74. The largest absolute Gasteiger partial charge is 0.497 e. The number of nitrogens with two attached hydrogens (primary N) is 1. The zero-order valence-corrected chi connectivity index (χ0v) is 15.4. The number of hydrogen-bond acceptors (Lipinski definition) is 3. The van der Waals surface area contributed by atoms with Crippen molar-refractivity contribution in [3.8, 4) is 5.75 Å². The topological polar surface area (TPSA) is 63.4 Å². The van der Waals surface area contributed by atoms with Gasteiger partial charge in [0.1, 0.15) is 5.75 Å². The Morgan fingerprint density at radius 2 is 2.08 bits per heavy atom. The van der Waals surface area contributed by atoms with Gasteiger partial charge >= 0.3 is 0 Å². The number of fused-ring (bicyclic) bond motifs is 3. The van der Waals surface area contributed by atoms with Gasteiger partial charge in [0.2, 0.25) is 0 Å². The first kappa shape index (κ1) is 16.0. The Kier molecular flexibility index (Phi) is 4.09. The van der Waals surface area contributed by atoms with Crippen LogP contribution in [0.15, 0.2) is 51.9 Å². The molecule has 2 aromatic carbocycles. The molecule has 0 bridgehead atoms. The summed E-state index contributed by atoms with van der Waals surface area (Å²) in [6.45, 7) is 0.791. The highest BCUT2D eigenvalue weighted by Crippen LogP contribution is 2.29. The van der Waals surface area contributed by atoms with E-state index in [2.05, 4.69) is 27.0 Å². The van der Waals surface area contributed by atoms with Crippen LogP contribution in [-0.2, 0) is 6.42 Å². The molecule has 1 aliphatic heterocycles. The van der Waals surface area contributed by atoms with Gasteiger partial charge in [-0.3, -0.25) is 4.99 Å². The fourth-order valence-corrected chi connectivity index (χ4v) is 3.58. The van der Waals surface area contributed by atoms with Crippen molar-refractivity contribution in [2.24, 2.45) is 4.99 Å². The monoisotopic (exact) mass is 395 g/mol. The minimum atomic E-state index is 0.748. The van der Waals surface area contributed by atoms with Gasteiger partial charge in [0.05, 0.1) is 18.5 Å². The summed E-state index contributed by atoms with van der Waals surface area (Å²) in [7, 11) is 1.68. The second kappa shape index (κ2) is 6.41. The number of rotatable bonds is 3. The molecule has 5 heteroatoms. The predicted octanol–water partition coefficient (Wildman–Crippen LogP) is 4.58. The first-order valence-electron chi connectivity index (χ1n) is 8.12. The van der Waals surface area contributed by atoms with Gasteiger partial charge in [-0.1, -0.05) is 22.0 Å². The Morgan fingerprint density at radius 3 is 2.92 bits per heavy atom. The molecule has 1 aliphatic rings. The van der Waals surface area contributed by atoms with Crippen molar-refractivity contribution in [3.05, 3.63) is 63.8 Å². The van der Waals surface area contributed by atoms with Crippen LogP contribution in [0.1, 0.15) is 16.8 Å². The average molecular weight is 396 g/mol. The molecule has 0 atom stereocenters. The molecule has 0 fully saturated rings. The molecule has 4 rings (SSSR count). The number of nitrogen functional groups attached to an aromatic ring is 1. The maximum Gasteiger partial charge on any atom is 0.120 e. The third-order valence-corrected chi connectivity index (χ3v) is 4.98. The van der Waals surface area contributed by atoms with Gasteiger partial charge in [-0.05, 0) is 54.0 Å². The van der Waals surface area contributed by atoms with Crippen LogP contribution >= 0.6 is 15.9 Å².